The standard InChI is InChI=1S/C93H182O17P2/c1-8-10-11-12-13-14-15-16-17-18-25-31-36-41-46-55-62-69-77-93(98)110-89(81-104-91(96)75-68-61-54-49-48-52-59-66-73-86(7)9-2)83-108-112(101,102)106-79-87(94)78-105-111(99,100)107-82-88(109-92(97)76-70-63-56-47-42-37-32-27-22-20-24-29-34-39-44-51-58-65-72-85(5)6)80-103-90(95)74-67-60-53-45-40-35-30-26-21-19-23-28-33-38-43-50-57-64-71-84(3)4/h84-89,94H,8-83H2,1-7H3,(H,99,100)(H,101,102)/t86?,87-,88-,89-/m1/s1. The lowest BCUT2D eigenvalue weighted by Gasteiger charge is -2.21. The molecule has 3 N–H and O–H groups in total. The molecule has 0 aliphatic rings. The molecule has 17 nitrogen and oxygen atoms in total. The first-order valence-electron chi connectivity index (χ1n) is 47.9. The molecule has 0 saturated heterocycles. The second kappa shape index (κ2) is 82.7. The van der Waals surface area contributed by atoms with E-state index < -0.39 is 97.5 Å². The number of rotatable bonds is 91. The fourth-order valence-corrected chi connectivity index (χ4v) is 16.2. The van der Waals surface area contributed by atoms with Crippen LogP contribution in [-0.4, -0.2) is 96.7 Å². The van der Waals surface area contributed by atoms with Crippen LogP contribution in [0.25, 0.3) is 0 Å². The Morgan fingerprint density at radius 2 is 0.455 bits per heavy atom. The average Bonchev–Trinajstić information content (AvgIpc) is 0.899. The van der Waals surface area contributed by atoms with Crippen LogP contribution in [0.2, 0.25) is 0 Å². The number of phosphoric acid groups is 2. The molecule has 0 fully saturated rings. The van der Waals surface area contributed by atoms with Crippen molar-refractivity contribution in [2.45, 2.75) is 516 Å². The van der Waals surface area contributed by atoms with E-state index in [1.165, 1.54) is 308 Å². The topological polar surface area (TPSA) is 237 Å². The van der Waals surface area contributed by atoms with Gasteiger partial charge in [0.05, 0.1) is 26.4 Å². The minimum Gasteiger partial charge on any atom is -0.462 e. The number of ether oxygens (including phenoxy) is 4. The van der Waals surface area contributed by atoms with E-state index in [1.54, 1.807) is 0 Å². The Labute approximate surface area is 689 Å². The molecule has 19 heteroatoms. The monoisotopic (exact) mass is 1630 g/mol. The predicted molar refractivity (Wildman–Crippen MR) is 465 cm³/mol. The molecule has 0 amide bonds. The normalized spacial score (nSPS) is 14.0. The molecule has 0 aliphatic carbocycles. The highest BCUT2D eigenvalue weighted by atomic mass is 31.2. The van der Waals surface area contributed by atoms with Gasteiger partial charge in [-0.05, 0) is 43.4 Å². The van der Waals surface area contributed by atoms with Gasteiger partial charge in [-0.3, -0.25) is 37.3 Å². The highest BCUT2D eigenvalue weighted by Crippen LogP contribution is 2.45. The fraction of sp³-hybridized carbons (Fsp3) is 0.957. The molecule has 112 heavy (non-hydrogen) atoms. The molecule has 666 valence electrons. The second-order valence-electron chi connectivity index (χ2n) is 34.6. The van der Waals surface area contributed by atoms with E-state index in [9.17, 15) is 43.2 Å². The van der Waals surface area contributed by atoms with Gasteiger partial charge in [0, 0.05) is 25.7 Å². The summed E-state index contributed by atoms with van der Waals surface area (Å²) in [6.07, 6.45) is 76.4. The average molecular weight is 1630 g/mol. The van der Waals surface area contributed by atoms with Crippen molar-refractivity contribution in [2.24, 2.45) is 17.8 Å². The van der Waals surface area contributed by atoms with E-state index in [0.717, 1.165) is 108 Å². The van der Waals surface area contributed by atoms with Gasteiger partial charge in [-0.2, -0.15) is 0 Å². The maximum absolute atomic E-state index is 13.2. The van der Waals surface area contributed by atoms with Crippen molar-refractivity contribution in [3.8, 4) is 0 Å². The molecule has 3 unspecified atom stereocenters. The number of unbranched alkanes of at least 4 members (excludes halogenated alkanes) is 58. The van der Waals surface area contributed by atoms with Crippen molar-refractivity contribution in [3.63, 3.8) is 0 Å². The van der Waals surface area contributed by atoms with Crippen LogP contribution < -0.4 is 0 Å². The summed E-state index contributed by atoms with van der Waals surface area (Å²) in [6.45, 7) is 12.1. The number of esters is 4. The summed E-state index contributed by atoms with van der Waals surface area (Å²) in [5.74, 6) is 0.325. The third-order valence-electron chi connectivity index (χ3n) is 22.2. The highest BCUT2D eigenvalue weighted by Gasteiger charge is 2.31. The van der Waals surface area contributed by atoms with E-state index >= 15 is 0 Å². The number of aliphatic hydroxyl groups is 1. The first-order valence-corrected chi connectivity index (χ1v) is 50.9. The van der Waals surface area contributed by atoms with E-state index in [2.05, 4.69) is 48.5 Å². The van der Waals surface area contributed by atoms with Crippen LogP contribution in [0.5, 0.6) is 0 Å². The van der Waals surface area contributed by atoms with E-state index in [1.807, 2.05) is 0 Å². The molecular weight excluding hydrogens is 1450 g/mol. The van der Waals surface area contributed by atoms with Gasteiger partial charge in [-0.15, -0.1) is 0 Å². The Balaban J connectivity index is 5.25. The van der Waals surface area contributed by atoms with Crippen LogP contribution in [0.4, 0.5) is 0 Å². The van der Waals surface area contributed by atoms with Crippen LogP contribution in [0.3, 0.4) is 0 Å². The summed E-state index contributed by atoms with van der Waals surface area (Å²) in [5.41, 5.74) is 0. The Bertz CT molecular complexity index is 2150. The lowest BCUT2D eigenvalue weighted by molar-refractivity contribution is -0.161. The zero-order valence-electron chi connectivity index (χ0n) is 74.2. The van der Waals surface area contributed by atoms with Crippen LogP contribution in [-0.2, 0) is 65.4 Å². The van der Waals surface area contributed by atoms with Crippen LogP contribution in [0, 0.1) is 17.8 Å². The lowest BCUT2D eigenvalue weighted by Crippen LogP contribution is -2.30. The second-order valence-corrected chi connectivity index (χ2v) is 37.5. The minimum absolute atomic E-state index is 0.108. The molecule has 0 bridgehead atoms. The minimum atomic E-state index is -4.97. The first-order chi connectivity index (χ1) is 54.3. The maximum atomic E-state index is 13.2. The summed E-state index contributed by atoms with van der Waals surface area (Å²) in [7, 11) is -9.94. The van der Waals surface area contributed by atoms with Gasteiger partial charge in [-0.25, -0.2) is 9.13 Å². The first kappa shape index (κ1) is 110. The third kappa shape index (κ3) is 84.5. The Kier molecular flexibility index (Phi) is 81.3. The van der Waals surface area contributed by atoms with E-state index in [0.29, 0.717) is 25.7 Å². The predicted octanol–water partition coefficient (Wildman–Crippen LogP) is 28.8. The van der Waals surface area contributed by atoms with E-state index in [-0.39, 0.29) is 25.7 Å². The van der Waals surface area contributed by atoms with Gasteiger partial charge in [0.15, 0.2) is 12.2 Å². The third-order valence-corrected chi connectivity index (χ3v) is 24.1. The van der Waals surface area contributed by atoms with Crippen LogP contribution >= 0.6 is 15.6 Å². The lowest BCUT2D eigenvalue weighted by atomic mass is 9.99. The number of hydrogen-bond donors (Lipinski definition) is 3. The summed E-state index contributed by atoms with van der Waals surface area (Å²) in [6, 6.07) is 0. The van der Waals surface area contributed by atoms with Crippen molar-refractivity contribution in [1.29, 1.82) is 0 Å². The molecule has 0 rings (SSSR count). The number of aliphatic hydroxyl groups excluding tert-OH is 1. The van der Waals surface area contributed by atoms with Crippen LogP contribution in [0.15, 0.2) is 0 Å². The largest absolute Gasteiger partial charge is 0.472 e. The molecular formula is C93H182O17P2. The fourth-order valence-electron chi connectivity index (χ4n) is 14.6. The maximum Gasteiger partial charge on any atom is 0.472 e. The van der Waals surface area contributed by atoms with Crippen molar-refractivity contribution in [3.05, 3.63) is 0 Å². The highest BCUT2D eigenvalue weighted by molar-refractivity contribution is 7.47. The Hall–Kier alpha value is -1.94. The quantitative estimate of drug-likeness (QED) is 0.0222. The molecule has 0 saturated carbocycles. The smallest absolute Gasteiger partial charge is 0.462 e. The van der Waals surface area contributed by atoms with Gasteiger partial charge in [-0.1, -0.05) is 447 Å². The zero-order chi connectivity index (χ0) is 82.2. The van der Waals surface area contributed by atoms with Crippen molar-refractivity contribution in [2.75, 3.05) is 39.6 Å². The van der Waals surface area contributed by atoms with Gasteiger partial charge in [0.25, 0.3) is 0 Å². The Morgan fingerprint density at radius 1 is 0.259 bits per heavy atom. The molecule has 0 aliphatic heterocycles. The number of hydrogen-bond acceptors (Lipinski definition) is 15. The van der Waals surface area contributed by atoms with Crippen LogP contribution in [0.1, 0.15) is 498 Å². The van der Waals surface area contributed by atoms with Crippen molar-refractivity contribution in [1.82, 2.24) is 0 Å². The molecule has 6 atom stereocenters. The van der Waals surface area contributed by atoms with Gasteiger partial charge in [0.2, 0.25) is 0 Å². The molecule has 0 spiro atoms. The number of phosphoric ester groups is 2. The molecule has 0 aromatic carbocycles. The summed E-state index contributed by atoms with van der Waals surface area (Å²) < 4.78 is 69.1. The van der Waals surface area contributed by atoms with Gasteiger partial charge in [0.1, 0.15) is 19.3 Å². The summed E-state index contributed by atoms with van der Waals surface area (Å²) in [4.78, 5) is 73.5. The Morgan fingerprint density at radius 3 is 0.679 bits per heavy atom. The van der Waals surface area contributed by atoms with Crippen molar-refractivity contribution < 1.29 is 80.2 Å². The summed E-state index contributed by atoms with van der Waals surface area (Å²) >= 11 is 0. The molecule has 0 aromatic heterocycles. The number of carbonyl (C=O) groups excluding carboxylic acids is 4. The summed E-state index contributed by atoms with van der Waals surface area (Å²) in [5, 5.41) is 10.7. The van der Waals surface area contributed by atoms with Gasteiger partial charge >= 0.3 is 39.5 Å². The molecule has 0 radical (unpaired) electrons. The SMILES string of the molecule is CCCCCCCCCCCCCCCCCCCCC(=O)O[C@H](COC(=O)CCCCCCCCCCC(C)CC)COP(=O)(O)OC[C@H](O)COP(=O)(O)OC[C@@H](COC(=O)CCCCCCCCCCCCCCCCCCCCC(C)C)OC(=O)CCCCCCCCCCCCCCCCCCCCC(C)C. The van der Waals surface area contributed by atoms with Gasteiger partial charge < -0.3 is 33.8 Å². The van der Waals surface area contributed by atoms with E-state index in [4.69, 9.17) is 37.0 Å². The molecule has 0 aromatic rings. The molecule has 0 heterocycles. The zero-order valence-corrected chi connectivity index (χ0v) is 75.9. The number of carbonyl (C=O) groups is 4. The van der Waals surface area contributed by atoms with Crippen molar-refractivity contribution >= 4 is 39.5 Å².